The van der Waals surface area contributed by atoms with Gasteiger partial charge in [-0.1, -0.05) is 13.8 Å². The molecule has 0 bridgehead atoms. The topological polar surface area (TPSA) is 39.7 Å². The highest BCUT2D eigenvalue weighted by Crippen LogP contribution is 2.37. The maximum Gasteiger partial charge on any atom is 0.191 e. The van der Waals surface area contributed by atoms with Gasteiger partial charge in [0, 0.05) is 17.8 Å². The molecule has 2 N–H and O–H groups in total. The molecule has 1 saturated heterocycles. The van der Waals surface area contributed by atoms with Crippen LogP contribution in [0.25, 0.3) is 0 Å². The Bertz CT molecular complexity index is 303. The number of nitrogens with zero attached hydrogens (tertiary/aromatic N) is 2. The molecule has 1 aliphatic rings. The summed E-state index contributed by atoms with van der Waals surface area (Å²) in [6, 6.07) is 0. The van der Waals surface area contributed by atoms with Crippen molar-refractivity contribution in [2.24, 2.45) is 4.99 Å². The molecule has 1 atom stereocenters. The fourth-order valence-electron chi connectivity index (χ4n) is 2.60. The summed E-state index contributed by atoms with van der Waals surface area (Å²) in [5.74, 6) is 2.27. The minimum absolute atomic E-state index is 0. The average molecular weight is 442 g/mol. The summed E-state index contributed by atoms with van der Waals surface area (Å²) in [6.07, 6.45) is 3.80. The summed E-state index contributed by atoms with van der Waals surface area (Å²) in [4.78, 5) is 7.24. The van der Waals surface area contributed by atoms with Crippen LogP contribution in [-0.4, -0.2) is 60.6 Å². The van der Waals surface area contributed by atoms with Crippen molar-refractivity contribution in [3.63, 3.8) is 0 Å². The van der Waals surface area contributed by atoms with Crippen molar-refractivity contribution in [3.05, 3.63) is 0 Å². The average Bonchev–Trinajstić information content (AvgIpc) is 2.92. The molecule has 0 radical (unpaired) electrons. The van der Waals surface area contributed by atoms with Gasteiger partial charge < -0.3 is 15.5 Å². The molecule has 6 heteroatoms. The largest absolute Gasteiger partial charge is 0.357 e. The molecular weight excluding hydrogens is 407 g/mol. The molecule has 1 aliphatic heterocycles. The molecular formula is C16H35IN4S. The molecule has 1 heterocycles. The SMILES string of the molecule is CCNC(=NCC1(C)CCCS1)NCCCN(CC)CC.I. The van der Waals surface area contributed by atoms with E-state index in [1.165, 1.54) is 18.6 Å². The lowest BCUT2D eigenvalue weighted by atomic mass is 10.1. The number of hydrogen-bond donors (Lipinski definition) is 2. The van der Waals surface area contributed by atoms with Crippen LogP contribution < -0.4 is 10.6 Å². The van der Waals surface area contributed by atoms with Crippen molar-refractivity contribution in [2.75, 3.05) is 45.0 Å². The van der Waals surface area contributed by atoms with Gasteiger partial charge in [-0.25, -0.2) is 0 Å². The number of nitrogens with one attached hydrogen (secondary N) is 2. The van der Waals surface area contributed by atoms with Crippen LogP contribution in [0.5, 0.6) is 0 Å². The Morgan fingerprint density at radius 1 is 1.23 bits per heavy atom. The Morgan fingerprint density at radius 3 is 2.50 bits per heavy atom. The fourth-order valence-corrected chi connectivity index (χ4v) is 3.82. The molecule has 0 saturated carbocycles. The number of halogens is 1. The third kappa shape index (κ3) is 8.82. The van der Waals surface area contributed by atoms with E-state index >= 15 is 0 Å². The highest BCUT2D eigenvalue weighted by atomic mass is 127. The van der Waals surface area contributed by atoms with Crippen LogP contribution in [-0.2, 0) is 0 Å². The highest BCUT2D eigenvalue weighted by molar-refractivity contribution is 14.0. The predicted molar refractivity (Wildman–Crippen MR) is 112 cm³/mol. The van der Waals surface area contributed by atoms with Gasteiger partial charge in [0.2, 0.25) is 0 Å². The molecule has 0 aliphatic carbocycles. The molecule has 22 heavy (non-hydrogen) atoms. The summed E-state index contributed by atoms with van der Waals surface area (Å²) >= 11 is 2.07. The fraction of sp³-hybridized carbons (Fsp3) is 0.938. The zero-order chi connectivity index (χ0) is 15.6. The van der Waals surface area contributed by atoms with E-state index in [0.29, 0.717) is 4.75 Å². The summed E-state index contributed by atoms with van der Waals surface area (Å²) in [5, 5.41) is 6.82. The third-order valence-electron chi connectivity index (χ3n) is 4.05. The van der Waals surface area contributed by atoms with Crippen LogP contribution in [0.3, 0.4) is 0 Å². The first kappa shape index (κ1) is 22.3. The third-order valence-corrected chi connectivity index (χ3v) is 5.58. The molecule has 0 aromatic heterocycles. The summed E-state index contributed by atoms with van der Waals surface area (Å²) in [5.41, 5.74) is 0. The van der Waals surface area contributed by atoms with Crippen LogP contribution in [0.4, 0.5) is 0 Å². The van der Waals surface area contributed by atoms with Gasteiger partial charge in [-0.05, 0) is 58.5 Å². The molecule has 0 aromatic carbocycles. The molecule has 1 fully saturated rings. The molecule has 0 aromatic rings. The Kier molecular flexibility index (Phi) is 12.9. The number of aliphatic imine (C=N–C) groups is 1. The van der Waals surface area contributed by atoms with Gasteiger partial charge in [0.15, 0.2) is 5.96 Å². The number of hydrogen-bond acceptors (Lipinski definition) is 3. The Morgan fingerprint density at radius 2 is 1.95 bits per heavy atom. The molecule has 0 spiro atoms. The summed E-state index contributed by atoms with van der Waals surface area (Å²) in [7, 11) is 0. The number of thioether (sulfide) groups is 1. The molecule has 132 valence electrons. The van der Waals surface area contributed by atoms with Crippen molar-refractivity contribution in [3.8, 4) is 0 Å². The maximum atomic E-state index is 4.78. The molecule has 0 amide bonds. The van der Waals surface area contributed by atoms with Gasteiger partial charge in [-0.2, -0.15) is 11.8 Å². The zero-order valence-corrected chi connectivity index (χ0v) is 17.9. The van der Waals surface area contributed by atoms with E-state index in [1.54, 1.807) is 0 Å². The second-order valence-corrected chi connectivity index (χ2v) is 7.59. The normalized spacial score (nSPS) is 21.8. The Hall–Kier alpha value is 0.310. The van der Waals surface area contributed by atoms with Crippen LogP contribution in [0, 0.1) is 0 Å². The van der Waals surface area contributed by atoms with Crippen LogP contribution >= 0.6 is 35.7 Å². The smallest absolute Gasteiger partial charge is 0.191 e. The van der Waals surface area contributed by atoms with Crippen molar-refractivity contribution in [2.45, 2.75) is 51.7 Å². The molecule has 4 nitrogen and oxygen atoms in total. The van der Waals surface area contributed by atoms with Crippen molar-refractivity contribution < 1.29 is 0 Å². The quantitative estimate of drug-likeness (QED) is 0.249. The van der Waals surface area contributed by atoms with Crippen LogP contribution in [0.15, 0.2) is 4.99 Å². The van der Waals surface area contributed by atoms with E-state index in [-0.39, 0.29) is 24.0 Å². The van der Waals surface area contributed by atoms with Gasteiger partial charge in [-0.15, -0.1) is 24.0 Å². The van der Waals surface area contributed by atoms with E-state index in [1.807, 2.05) is 0 Å². The molecule has 1 rings (SSSR count). The van der Waals surface area contributed by atoms with E-state index in [0.717, 1.165) is 51.6 Å². The second-order valence-electron chi connectivity index (χ2n) is 5.90. The summed E-state index contributed by atoms with van der Waals surface area (Å²) in [6.45, 7) is 15.2. The van der Waals surface area contributed by atoms with Crippen LogP contribution in [0.2, 0.25) is 0 Å². The van der Waals surface area contributed by atoms with Crippen LogP contribution in [0.1, 0.15) is 47.0 Å². The van der Waals surface area contributed by atoms with Crippen molar-refractivity contribution in [1.29, 1.82) is 0 Å². The first-order chi connectivity index (χ1) is 10.1. The number of rotatable bonds is 9. The van der Waals surface area contributed by atoms with E-state index in [9.17, 15) is 0 Å². The lowest BCUT2D eigenvalue weighted by Gasteiger charge is -2.21. The first-order valence-electron chi connectivity index (χ1n) is 8.52. The van der Waals surface area contributed by atoms with E-state index in [4.69, 9.17) is 4.99 Å². The van der Waals surface area contributed by atoms with E-state index < -0.39 is 0 Å². The van der Waals surface area contributed by atoms with Gasteiger partial charge in [0.25, 0.3) is 0 Å². The second kappa shape index (κ2) is 12.7. The lowest BCUT2D eigenvalue weighted by molar-refractivity contribution is 0.300. The van der Waals surface area contributed by atoms with Gasteiger partial charge in [-0.3, -0.25) is 4.99 Å². The van der Waals surface area contributed by atoms with Crippen molar-refractivity contribution >= 4 is 41.7 Å². The first-order valence-corrected chi connectivity index (χ1v) is 9.50. The predicted octanol–water partition coefficient (Wildman–Crippen LogP) is 3.18. The standard InChI is InChI=1S/C16H34N4S.HI/c1-5-17-15(18-11-9-12-20(6-2)7-3)19-14-16(4)10-8-13-21-16;/h5-14H2,1-4H3,(H2,17,18,19);1H. The number of guanidine groups is 1. The molecule has 1 unspecified atom stereocenters. The van der Waals surface area contributed by atoms with Gasteiger partial charge in [0.1, 0.15) is 0 Å². The van der Waals surface area contributed by atoms with Gasteiger partial charge >= 0.3 is 0 Å². The maximum absolute atomic E-state index is 4.78. The van der Waals surface area contributed by atoms with Gasteiger partial charge in [0.05, 0.1) is 6.54 Å². The van der Waals surface area contributed by atoms with E-state index in [2.05, 4.69) is 55.0 Å². The van der Waals surface area contributed by atoms with Crippen molar-refractivity contribution in [1.82, 2.24) is 15.5 Å². The minimum Gasteiger partial charge on any atom is -0.357 e. The zero-order valence-electron chi connectivity index (χ0n) is 14.8. The summed E-state index contributed by atoms with van der Waals surface area (Å²) < 4.78 is 0.351. The lowest BCUT2D eigenvalue weighted by Crippen LogP contribution is -2.39. The monoisotopic (exact) mass is 442 g/mol. The minimum atomic E-state index is 0. The Balaban J connectivity index is 0.00000441. The Labute approximate surface area is 158 Å². The highest BCUT2D eigenvalue weighted by Gasteiger charge is 2.29.